The van der Waals surface area contributed by atoms with Crippen molar-refractivity contribution in [3.63, 3.8) is 0 Å². The van der Waals surface area contributed by atoms with Crippen LogP contribution in [-0.4, -0.2) is 11.9 Å². The third-order valence-electron chi connectivity index (χ3n) is 2.72. The second kappa shape index (κ2) is 2.36. The monoisotopic (exact) mass is 151 g/mol. The number of hydrogen-bond donors (Lipinski definition) is 1. The minimum Gasteiger partial charge on any atom is -0.353 e. The zero-order chi connectivity index (χ0) is 7.84. The van der Waals surface area contributed by atoms with Crippen molar-refractivity contribution in [1.29, 1.82) is 0 Å². The topological polar surface area (TPSA) is 29.1 Å². The Kier molecular flexibility index (Phi) is 1.48. The molecule has 2 nitrogen and oxygen atoms in total. The normalized spacial score (nSPS) is 36.7. The molecule has 1 saturated carbocycles. The number of nitrogens with one attached hydrogen (secondary N) is 1. The predicted octanol–water partition coefficient (Wildman–Crippen LogP) is 1.23. The van der Waals surface area contributed by atoms with Gasteiger partial charge in [-0.15, -0.1) is 0 Å². The molecular formula is C9H13NO. The predicted molar refractivity (Wildman–Crippen MR) is 43.0 cm³/mol. The fraction of sp³-hybridized carbons (Fsp3) is 0.667. The van der Waals surface area contributed by atoms with Gasteiger partial charge in [-0.3, -0.25) is 4.79 Å². The lowest BCUT2D eigenvalue weighted by Crippen LogP contribution is -2.31. The molecule has 2 heteroatoms. The molecule has 2 rings (SSSR count). The first-order valence-electron chi connectivity index (χ1n) is 4.22. The molecule has 0 radical (unpaired) electrons. The van der Waals surface area contributed by atoms with E-state index >= 15 is 0 Å². The van der Waals surface area contributed by atoms with Crippen LogP contribution in [0.3, 0.4) is 0 Å². The van der Waals surface area contributed by atoms with Gasteiger partial charge in [0.25, 0.3) is 0 Å². The van der Waals surface area contributed by atoms with Crippen molar-refractivity contribution in [2.75, 3.05) is 0 Å². The summed E-state index contributed by atoms with van der Waals surface area (Å²) in [7, 11) is 0. The quantitative estimate of drug-likeness (QED) is 0.518. The van der Waals surface area contributed by atoms with Gasteiger partial charge < -0.3 is 5.32 Å². The van der Waals surface area contributed by atoms with Gasteiger partial charge in [0.15, 0.2) is 0 Å². The van der Waals surface area contributed by atoms with Gasteiger partial charge in [-0.1, -0.05) is 12.2 Å². The zero-order valence-electron chi connectivity index (χ0n) is 6.60. The summed E-state index contributed by atoms with van der Waals surface area (Å²) in [5.41, 5.74) is 1.32. The Morgan fingerprint density at radius 1 is 1.45 bits per heavy atom. The van der Waals surface area contributed by atoms with Gasteiger partial charge in [-0.25, -0.2) is 0 Å². The van der Waals surface area contributed by atoms with Crippen LogP contribution >= 0.6 is 0 Å². The van der Waals surface area contributed by atoms with Crippen molar-refractivity contribution < 1.29 is 4.79 Å². The molecule has 0 aromatic heterocycles. The van der Waals surface area contributed by atoms with Crippen molar-refractivity contribution in [3.05, 3.63) is 12.2 Å². The molecule has 2 unspecified atom stereocenters. The smallest absolute Gasteiger partial charge is 0.220 e. The largest absolute Gasteiger partial charge is 0.353 e. The summed E-state index contributed by atoms with van der Waals surface area (Å²) in [6, 6.07) is 0.466. The number of carbonyl (C=O) groups excluding carboxylic acids is 1. The summed E-state index contributed by atoms with van der Waals surface area (Å²) in [6.07, 6.45) is 3.99. The maximum absolute atomic E-state index is 11.0. The molecule has 2 atom stereocenters. The van der Waals surface area contributed by atoms with Gasteiger partial charge in [0.1, 0.15) is 0 Å². The summed E-state index contributed by atoms with van der Waals surface area (Å²) >= 11 is 0. The van der Waals surface area contributed by atoms with Gasteiger partial charge in [0.2, 0.25) is 5.91 Å². The molecule has 1 heterocycles. The van der Waals surface area contributed by atoms with Gasteiger partial charge >= 0.3 is 0 Å². The van der Waals surface area contributed by atoms with Crippen molar-refractivity contribution in [2.24, 2.45) is 5.92 Å². The Morgan fingerprint density at radius 2 is 2.27 bits per heavy atom. The standard InChI is InChI=1S/C9H13NO/c1-6-2-3-8-7(4-6)5-9(11)10-8/h7-8H,1-5H2,(H,10,11). The lowest BCUT2D eigenvalue weighted by atomic mass is 9.83. The van der Waals surface area contributed by atoms with Crippen LogP contribution in [0.4, 0.5) is 0 Å². The highest BCUT2D eigenvalue weighted by Gasteiger charge is 2.34. The van der Waals surface area contributed by atoms with Crippen molar-refractivity contribution >= 4 is 5.91 Å². The molecule has 0 bridgehead atoms. The number of amides is 1. The molecule has 1 aliphatic heterocycles. The maximum Gasteiger partial charge on any atom is 0.220 e. The van der Waals surface area contributed by atoms with E-state index in [4.69, 9.17) is 0 Å². The second-order valence-electron chi connectivity index (χ2n) is 3.63. The summed E-state index contributed by atoms with van der Waals surface area (Å²) < 4.78 is 0. The summed E-state index contributed by atoms with van der Waals surface area (Å²) in [4.78, 5) is 11.0. The van der Waals surface area contributed by atoms with Crippen molar-refractivity contribution in [3.8, 4) is 0 Å². The van der Waals surface area contributed by atoms with Gasteiger partial charge in [-0.2, -0.15) is 0 Å². The molecule has 0 spiro atoms. The molecule has 1 saturated heterocycles. The SMILES string of the molecule is C=C1CCC2NC(=O)CC2C1. The average Bonchev–Trinajstić information content (AvgIpc) is 2.27. The molecule has 1 aliphatic carbocycles. The van der Waals surface area contributed by atoms with Crippen molar-refractivity contribution in [2.45, 2.75) is 31.7 Å². The maximum atomic E-state index is 11.0. The zero-order valence-corrected chi connectivity index (χ0v) is 6.60. The van der Waals surface area contributed by atoms with Crippen LogP contribution in [-0.2, 0) is 4.79 Å². The van der Waals surface area contributed by atoms with Crippen LogP contribution in [0.5, 0.6) is 0 Å². The van der Waals surface area contributed by atoms with E-state index in [2.05, 4.69) is 11.9 Å². The number of fused-ring (bicyclic) bond motifs is 1. The average molecular weight is 151 g/mol. The third-order valence-corrected chi connectivity index (χ3v) is 2.72. The summed E-state index contributed by atoms with van der Waals surface area (Å²) in [6.45, 7) is 3.96. The molecule has 11 heavy (non-hydrogen) atoms. The van der Waals surface area contributed by atoms with E-state index in [1.807, 2.05) is 0 Å². The van der Waals surface area contributed by atoms with E-state index in [0.29, 0.717) is 12.0 Å². The van der Waals surface area contributed by atoms with E-state index in [-0.39, 0.29) is 5.91 Å². The molecule has 1 N–H and O–H groups in total. The Bertz CT molecular complexity index is 208. The third kappa shape index (κ3) is 1.17. The fourth-order valence-corrected chi connectivity index (χ4v) is 2.12. The lowest BCUT2D eigenvalue weighted by molar-refractivity contribution is -0.119. The number of hydrogen-bond acceptors (Lipinski definition) is 1. The van der Waals surface area contributed by atoms with Crippen LogP contribution in [0, 0.1) is 5.92 Å². The fourth-order valence-electron chi connectivity index (χ4n) is 2.12. The number of carbonyl (C=O) groups is 1. The van der Waals surface area contributed by atoms with E-state index < -0.39 is 0 Å². The first-order valence-corrected chi connectivity index (χ1v) is 4.22. The molecule has 2 aliphatic rings. The molecular weight excluding hydrogens is 138 g/mol. The highest BCUT2D eigenvalue weighted by Crippen LogP contribution is 2.33. The van der Waals surface area contributed by atoms with Crippen LogP contribution in [0.1, 0.15) is 25.7 Å². The van der Waals surface area contributed by atoms with Crippen LogP contribution < -0.4 is 5.32 Å². The van der Waals surface area contributed by atoms with Gasteiger partial charge in [-0.05, 0) is 25.2 Å². The molecule has 60 valence electrons. The first kappa shape index (κ1) is 6.89. The molecule has 0 aromatic carbocycles. The molecule has 0 aromatic rings. The second-order valence-corrected chi connectivity index (χ2v) is 3.63. The van der Waals surface area contributed by atoms with E-state index in [9.17, 15) is 4.79 Å². The van der Waals surface area contributed by atoms with E-state index in [1.54, 1.807) is 0 Å². The molecule has 2 fully saturated rings. The van der Waals surface area contributed by atoms with Crippen LogP contribution in [0.15, 0.2) is 12.2 Å². The minimum absolute atomic E-state index is 0.231. The van der Waals surface area contributed by atoms with Crippen molar-refractivity contribution in [1.82, 2.24) is 5.32 Å². The minimum atomic E-state index is 0.231. The Morgan fingerprint density at radius 3 is 3.09 bits per heavy atom. The Balaban J connectivity index is 2.08. The van der Waals surface area contributed by atoms with E-state index in [1.165, 1.54) is 5.57 Å². The summed E-state index contributed by atoms with van der Waals surface area (Å²) in [5, 5.41) is 3.00. The number of rotatable bonds is 0. The lowest BCUT2D eigenvalue weighted by Gasteiger charge is -2.25. The van der Waals surface area contributed by atoms with E-state index in [0.717, 1.165) is 25.7 Å². The highest BCUT2D eigenvalue weighted by atomic mass is 16.2. The highest BCUT2D eigenvalue weighted by molar-refractivity contribution is 5.79. The Labute approximate surface area is 66.7 Å². The van der Waals surface area contributed by atoms with Crippen LogP contribution in [0.25, 0.3) is 0 Å². The van der Waals surface area contributed by atoms with Crippen LogP contribution in [0.2, 0.25) is 0 Å². The molecule has 1 amide bonds. The van der Waals surface area contributed by atoms with Gasteiger partial charge in [0, 0.05) is 12.5 Å². The van der Waals surface area contributed by atoms with Gasteiger partial charge in [0.05, 0.1) is 0 Å². The number of allylic oxidation sites excluding steroid dienone is 1. The Hall–Kier alpha value is -0.790. The first-order chi connectivity index (χ1) is 5.25. The summed E-state index contributed by atoms with van der Waals surface area (Å²) in [5.74, 6) is 0.790.